The summed E-state index contributed by atoms with van der Waals surface area (Å²) in [7, 11) is 0. The van der Waals surface area contributed by atoms with Gasteiger partial charge in [0, 0.05) is 25.7 Å². The molecular weight excluding hydrogens is 178 g/mol. The summed E-state index contributed by atoms with van der Waals surface area (Å²) in [6, 6.07) is 3.73. The molecule has 0 amide bonds. The van der Waals surface area contributed by atoms with Crippen LogP contribution in [0.2, 0.25) is 0 Å². The molecule has 14 heavy (non-hydrogen) atoms. The summed E-state index contributed by atoms with van der Waals surface area (Å²) in [5.74, 6) is 1.72. The number of nitrogens with zero attached hydrogens (tertiary/aromatic N) is 1. The van der Waals surface area contributed by atoms with E-state index in [4.69, 9.17) is 15.9 Å². The highest BCUT2D eigenvalue weighted by molar-refractivity contribution is 5.37. The molecule has 1 aliphatic heterocycles. The molecule has 1 atom stereocenters. The van der Waals surface area contributed by atoms with Gasteiger partial charge in [0.1, 0.15) is 5.76 Å². The maximum atomic E-state index is 5.77. The van der Waals surface area contributed by atoms with Crippen LogP contribution in [0.25, 0.3) is 0 Å². The first-order valence-electron chi connectivity index (χ1n) is 5.11. The molecule has 1 aromatic rings. The molecule has 0 radical (unpaired) electrons. The predicted molar refractivity (Wildman–Crippen MR) is 56.1 cm³/mol. The van der Waals surface area contributed by atoms with E-state index in [2.05, 4.69) is 4.90 Å². The monoisotopic (exact) mass is 195 g/mol. The summed E-state index contributed by atoms with van der Waals surface area (Å²) in [6.45, 7) is 2.60. The quantitative estimate of drug-likeness (QED) is 0.750. The van der Waals surface area contributed by atoms with Gasteiger partial charge in [-0.05, 0) is 18.9 Å². The molecule has 0 saturated carbocycles. The van der Waals surface area contributed by atoms with Crippen LogP contribution in [0, 0.1) is 0 Å². The van der Waals surface area contributed by atoms with Crippen LogP contribution in [0.5, 0.6) is 0 Å². The van der Waals surface area contributed by atoms with Gasteiger partial charge in [0.15, 0.2) is 5.88 Å². The third-order valence-electron chi connectivity index (χ3n) is 2.65. The van der Waals surface area contributed by atoms with Crippen LogP contribution in [0.4, 0.5) is 5.88 Å². The van der Waals surface area contributed by atoms with Gasteiger partial charge in [-0.25, -0.2) is 0 Å². The number of hydrogen-bond acceptors (Lipinski definition) is 4. The number of hydrogen-bond donors (Lipinski definition) is 2. The maximum absolute atomic E-state index is 5.77. The largest absolute Gasteiger partial charge is 0.444 e. The van der Waals surface area contributed by atoms with E-state index in [9.17, 15) is 0 Å². The second-order valence-electron chi connectivity index (χ2n) is 3.71. The van der Waals surface area contributed by atoms with Crippen molar-refractivity contribution in [2.75, 3.05) is 24.5 Å². The summed E-state index contributed by atoms with van der Waals surface area (Å²) in [5, 5.41) is 0. The molecule has 0 aliphatic carbocycles. The Morgan fingerprint density at radius 1 is 1.36 bits per heavy atom. The van der Waals surface area contributed by atoms with Crippen molar-refractivity contribution in [2.24, 2.45) is 11.5 Å². The molecule has 1 fully saturated rings. The lowest BCUT2D eigenvalue weighted by atomic mass is 10.2. The molecule has 0 bridgehead atoms. The average molecular weight is 195 g/mol. The Bertz CT molecular complexity index is 291. The number of anilines is 1. The van der Waals surface area contributed by atoms with Gasteiger partial charge in [-0.3, -0.25) is 0 Å². The minimum atomic E-state index is -0.175. The Morgan fingerprint density at radius 3 is 2.71 bits per heavy atom. The first-order valence-corrected chi connectivity index (χ1v) is 5.11. The highest BCUT2D eigenvalue weighted by Gasteiger charge is 2.17. The topological polar surface area (TPSA) is 68.4 Å². The fourth-order valence-electron chi connectivity index (χ4n) is 1.77. The summed E-state index contributed by atoms with van der Waals surface area (Å²) in [4.78, 5) is 2.24. The van der Waals surface area contributed by atoms with Crippen LogP contribution in [0.15, 0.2) is 16.5 Å². The maximum Gasteiger partial charge on any atom is 0.195 e. The molecule has 2 heterocycles. The molecule has 1 aromatic heterocycles. The summed E-state index contributed by atoms with van der Waals surface area (Å²) in [5.41, 5.74) is 11.2. The Hall–Kier alpha value is -1.00. The van der Waals surface area contributed by atoms with Crippen molar-refractivity contribution in [3.8, 4) is 0 Å². The minimum absolute atomic E-state index is 0.175. The Labute approximate surface area is 83.8 Å². The SMILES string of the molecule is NC[C@H](N)c1ccc(N2CCCC2)o1. The molecule has 1 saturated heterocycles. The molecular formula is C10H17N3O. The highest BCUT2D eigenvalue weighted by Crippen LogP contribution is 2.24. The second kappa shape index (κ2) is 4.02. The van der Waals surface area contributed by atoms with Gasteiger partial charge < -0.3 is 20.8 Å². The zero-order valence-corrected chi connectivity index (χ0v) is 8.28. The van der Waals surface area contributed by atoms with E-state index in [1.165, 1.54) is 12.8 Å². The fourth-order valence-corrected chi connectivity index (χ4v) is 1.77. The Morgan fingerprint density at radius 2 is 2.07 bits per heavy atom. The van der Waals surface area contributed by atoms with E-state index in [1.54, 1.807) is 0 Å². The molecule has 2 rings (SSSR count). The van der Waals surface area contributed by atoms with Gasteiger partial charge in [0.25, 0.3) is 0 Å². The molecule has 1 aliphatic rings. The van der Waals surface area contributed by atoms with Gasteiger partial charge in [0.05, 0.1) is 6.04 Å². The van der Waals surface area contributed by atoms with E-state index in [0.29, 0.717) is 6.54 Å². The smallest absolute Gasteiger partial charge is 0.195 e. The minimum Gasteiger partial charge on any atom is -0.444 e. The van der Waals surface area contributed by atoms with E-state index < -0.39 is 0 Å². The fraction of sp³-hybridized carbons (Fsp3) is 0.600. The van der Waals surface area contributed by atoms with Gasteiger partial charge in [0.2, 0.25) is 0 Å². The van der Waals surface area contributed by atoms with E-state index in [-0.39, 0.29) is 6.04 Å². The van der Waals surface area contributed by atoms with Crippen LogP contribution in [-0.4, -0.2) is 19.6 Å². The van der Waals surface area contributed by atoms with E-state index >= 15 is 0 Å². The zero-order chi connectivity index (χ0) is 9.97. The van der Waals surface area contributed by atoms with Crippen LogP contribution >= 0.6 is 0 Å². The summed E-state index contributed by atoms with van der Waals surface area (Å²) < 4.78 is 5.64. The summed E-state index contributed by atoms with van der Waals surface area (Å²) in [6.07, 6.45) is 2.50. The average Bonchev–Trinajstić information content (AvgIpc) is 2.86. The van der Waals surface area contributed by atoms with Crippen LogP contribution in [0.1, 0.15) is 24.6 Å². The van der Waals surface area contributed by atoms with Crippen LogP contribution in [-0.2, 0) is 0 Å². The predicted octanol–water partition coefficient (Wildman–Crippen LogP) is 0.838. The van der Waals surface area contributed by atoms with Crippen molar-refractivity contribution in [3.63, 3.8) is 0 Å². The van der Waals surface area contributed by atoms with Crippen molar-refractivity contribution in [1.29, 1.82) is 0 Å². The molecule has 4 heteroatoms. The lowest BCUT2D eigenvalue weighted by Crippen LogP contribution is -2.20. The van der Waals surface area contributed by atoms with Crippen molar-refractivity contribution >= 4 is 5.88 Å². The highest BCUT2D eigenvalue weighted by atomic mass is 16.4. The van der Waals surface area contributed by atoms with Crippen molar-refractivity contribution in [3.05, 3.63) is 17.9 Å². The van der Waals surface area contributed by atoms with E-state index in [1.807, 2.05) is 12.1 Å². The zero-order valence-electron chi connectivity index (χ0n) is 8.28. The normalized spacial score (nSPS) is 18.9. The second-order valence-corrected chi connectivity index (χ2v) is 3.71. The number of rotatable bonds is 3. The Kier molecular flexibility index (Phi) is 2.74. The third-order valence-corrected chi connectivity index (χ3v) is 2.65. The van der Waals surface area contributed by atoms with Crippen LogP contribution < -0.4 is 16.4 Å². The summed E-state index contributed by atoms with van der Waals surface area (Å²) >= 11 is 0. The molecule has 4 N–H and O–H groups in total. The molecule has 0 aromatic carbocycles. The lowest BCUT2D eigenvalue weighted by Gasteiger charge is -2.13. The van der Waals surface area contributed by atoms with Gasteiger partial charge in [-0.1, -0.05) is 0 Å². The first-order chi connectivity index (χ1) is 6.81. The third kappa shape index (κ3) is 1.76. The van der Waals surface area contributed by atoms with Gasteiger partial charge >= 0.3 is 0 Å². The number of furan rings is 1. The molecule has 4 nitrogen and oxygen atoms in total. The van der Waals surface area contributed by atoms with Crippen molar-refractivity contribution in [1.82, 2.24) is 0 Å². The standard InChI is InChI=1S/C10H17N3O/c11-7-8(12)9-3-4-10(14-9)13-5-1-2-6-13/h3-4,8H,1-2,5-7,11-12H2/t8-/m0/s1. The van der Waals surface area contributed by atoms with Crippen molar-refractivity contribution < 1.29 is 4.42 Å². The molecule has 78 valence electrons. The van der Waals surface area contributed by atoms with Crippen molar-refractivity contribution in [2.45, 2.75) is 18.9 Å². The Balaban J connectivity index is 2.08. The molecule has 0 spiro atoms. The van der Waals surface area contributed by atoms with E-state index in [0.717, 1.165) is 24.7 Å². The first kappa shape index (κ1) is 9.55. The molecule has 0 unspecified atom stereocenters. The number of nitrogens with two attached hydrogens (primary N) is 2. The van der Waals surface area contributed by atoms with Gasteiger partial charge in [-0.15, -0.1) is 0 Å². The van der Waals surface area contributed by atoms with Gasteiger partial charge in [-0.2, -0.15) is 0 Å². The van der Waals surface area contributed by atoms with Crippen LogP contribution in [0.3, 0.4) is 0 Å². The lowest BCUT2D eigenvalue weighted by molar-refractivity contribution is 0.468.